The number of ether oxygens (including phenoxy) is 4. The lowest BCUT2D eigenvalue weighted by Gasteiger charge is -2.23. The monoisotopic (exact) mass is 905 g/mol. The van der Waals surface area contributed by atoms with Crippen LogP contribution in [0.2, 0.25) is 0 Å². The molecule has 6 nitrogen and oxygen atoms in total. The molecule has 0 fully saturated rings. The summed E-state index contributed by atoms with van der Waals surface area (Å²) in [5.74, 6) is 3.88. The highest BCUT2D eigenvalue weighted by molar-refractivity contribution is 5.58. The zero-order chi connectivity index (χ0) is 46.6. The molecule has 0 saturated heterocycles. The van der Waals surface area contributed by atoms with Crippen molar-refractivity contribution in [3.05, 3.63) is 105 Å². The third kappa shape index (κ3) is 17.7. The van der Waals surface area contributed by atoms with Gasteiger partial charge in [0.1, 0.15) is 34.5 Å². The second-order valence-electron chi connectivity index (χ2n) is 19.2. The van der Waals surface area contributed by atoms with E-state index in [-0.39, 0.29) is 11.5 Å². The zero-order valence-electron chi connectivity index (χ0n) is 41.9. The van der Waals surface area contributed by atoms with Gasteiger partial charge in [-0.1, -0.05) is 193 Å². The predicted molar refractivity (Wildman–Crippen MR) is 276 cm³/mol. The topological polar surface area (TPSA) is 77.4 Å². The van der Waals surface area contributed by atoms with Crippen molar-refractivity contribution in [2.75, 3.05) is 26.4 Å². The van der Waals surface area contributed by atoms with Crippen LogP contribution >= 0.6 is 0 Å². The SMILES string of the molecule is CCCCCCCCOc1c2cccc1Cc1cc(O)cc(c1OCCCCCCCC)Cc1cc(O)cc(c1OCCCCCCCC)Cc1cccc(c1OCCCCCCCC)C2. The molecule has 4 aromatic carbocycles. The fourth-order valence-corrected chi connectivity index (χ4v) is 9.62. The average Bonchev–Trinajstić information content (AvgIpc) is 3.30. The Balaban J connectivity index is 1.60. The molecule has 8 bridgehead atoms. The van der Waals surface area contributed by atoms with Crippen LogP contribution in [-0.2, 0) is 25.7 Å². The van der Waals surface area contributed by atoms with Gasteiger partial charge in [0.25, 0.3) is 0 Å². The summed E-state index contributed by atoms with van der Waals surface area (Å²) in [6.45, 7) is 11.5. The standard InChI is InChI=1S/C60H88O6/c1-5-9-13-17-21-25-35-63-57-47-31-29-33-49(57)40-51-43-55(61)45-53(59(51)65-37-27-23-19-15-11-7-3)42-54-46-56(62)44-52(60(54)66-38-28-24-20-16-12-8-4)41-50-34-30-32-48(39-47)58(50)64-36-26-22-18-14-10-6-2/h29-34,43-46,61-62H,5-28,35-42H2,1-4H3. The van der Waals surface area contributed by atoms with Crippen LogP contribution in [0.15, 0.2) is 60.7 Å². The van der Waals surface area contributed by atoms with Gasteiger partial charge >= 0.3 is 0 Å². The molecule has 6 heteroatoms. The van der Waals surface area contributed by atoms with Crippen molar-refractivity contribution in [1.29, 1.82) is 0 Å². The zero-order valence-corrected chi connectivity index (χ0v) is 41.9. The van der Waals surface area contributed by atoms with Gasteiger partial charge in [-0.15, -0.1) is 0 Å². The highest BCUT2D eigenvalue weighted by Crippen LogP contribution is 2.41. The van der Waals surface area contributed by atoms with Crippen molar-refractivity contribution in [2.24, 2.45) is 0 Å². The van der Waals surface area contributed by atoms with Crippen LogP contribution in [0.5, 0.6) is 34.5 Å². The van der Waals surface area contributed by atoms with Gasteiger partial charge in [0.05, 0.1) is 26.4 Å². The molecule has 0 saturated carbocycles. The molecule has 0 aliphatic heterocycles. The van der Waals surface area contributed by atoms with Crippen molar-refractivity contribution < 1.29 is 29.2 Å². The van der Waals surface area contributed by atoms with E-state index in [1.54, 1.807) is 0 Å². The van der Waals surface area contributed by atoms with Crippen LogP contribution in [-0.4, -0.2) is 36.6 Å². The van der Waals surface area contributed by atoms with E-state index in [1.165, 1.54) is 103 Å². The Morgan fingerprint density at radius 1 is 0.303 bits per heavy atom. The summed E-state index contributed by atoms with van der Waals surface area (Å²) < 4.78 is 27.6. The number of hydrogen-bond donors (Lipinski definition) is 2. The summed E-state index contributed by atoms with van der Waals surface area (Å²) in [7, 11) is 0. The molecular weight excluding hydrogens is 817 g/mol. The molecule has 2 N–H and O–H groups in total. The quantitative estimate of drug-likeness (QED) is 0.0419. The molecule has 0 aromatic heterocycles. The number of phenolic OH excluding ortho intramolecular Hbond substituents is 2. The Morgan fingerprint density at radius 2 is 0.515 bits per heavy atom. The first-order valence-corrected chi connectivity index (χ1v) is 26.9. The molecule has 4 aromatic rings. The molecule has 0 amide bonds. The Labute approximate surface area is 401 Å². The van der Waals surface area contributed by atoms with E-state index in [0.717, 1.165) is 119 Å². The number of hydrogen-bond acceptors (Lipinski definition) is 6. The van der Waals surface area contributed by atoms with Crippen molar-refractivity contribution in [3.63, 3.8) is 0 Å². The highest BCUT2D eigenvalue weighted by atomic mass is 16.5. The Kier molecular flexibility index (Phi) is 24.6. The van der Waals surface area contributed by atoms with Crippen LogP contribution in [0.1, 0.15) is 226 Å². The summed E-state index contributed by atoms with van der Waals surface area (Å²) in [4.78, 5) is 0. The van der Waals surface area contributed by atoms with Gasteiger partial charge in [-0.25, -0.2) is 0 Å². The Bertz CT molecular complexity index is 1830. The molecule has 0 atom stereocenters. The molecule has 0 radical (unpaired) electrons. The Morgan fingerprint density at radius 3 is 0.788 bits per heavy atom. The van der Waals surface area contributed by atoms with Crippen molar-refractivity contribution in [2.45, 2.75) is 207 Å². The molecule has 0 spiro atoms. The molecule has 1 aliphatic rings. The third-order valence-electron chi connectivity index (χ3n) is 13.3. The summed E-state index contributed by atoms with van der Waals surface area (Å²) >= 11 is 0. The van der Waals surface area contributed by atoms with Crippen molar-refractivity contribution in [3.8, 4) is 34.5 Å². The van der Waals surface area contributed by atoms with Crippen LogP contribution in [0.3, 0.4) is 0 Å². The minimum absolute atomic E-state index is 0.204. The van der Waals surface area contributed by atoms with E-state index in [2.05, 4.69) is 64.1 Å². The molecule has 1 aliphatic carbocycles. The van der Waals surface area contributed by atoms with Crippen LogP contribution in [0.25, 0.3) is 0 Å². The number of fused-ring (bicyclic) bond motifs is 8. The van der Waals surface area contributed by atoms with Gasteiger partial charge in [0.15, 0.2) is 0 Å². The lowest BCUT2D eigenvalue weighted by Crippen LogP contribution is -2.10. The molecule has 0 heterocycles. The maximum absolute atomic E-state index is 11.5. The maximum atomic E-state index is 11.5. The minimum Gasteiger partial charge on any atom is -0.508 e. The summed E-state index contributed by atoms with van der Waals surface area (Å²) in [6, 6.07) is 20.6. The van der Waals surface area contributed by atoms with Crippen LogP contribution < -0.4 is 18.9 Å². The van der Waals surface area contributed by atoms with Gasteiger partial charge in [-0.3, -0.25) is 0 Å². The van der Waals surface area contributed by atoms with Gasteiger partial charge in [-0.05, 0) is 72.2 Å². The first kappa shape index (κ1) is 52.6. The van der Waals surface area contributed by atoms with E-state index in [1.807, 2.05) is 24.3 Å². The Hall–Kier alpha value is -4.32. The molecule has 5 rings (SSSR count). The fraction of sp³-hybridized carbons (Fsp3) is 0.600. The van der Waals surface area contributed by atoms with Crippen LogP contribution in [0, 0.1) is 0 Å². The van der Waals surface area contributed by atoms with Crippen molar-refractivity contribution in [1.82, 2.24) is 0 Å². The number of benzene rings is 4. The molecule has 66 heavy (non-hydrogen) atoms. The van der Waals surface area contributed by atoms with E-state index in [0.29, 0.717) is 52.1 Å². The maximum Gasteiger partial charge on any atom is 0.126 e. The highest BCUT2D eigenvalue weighted by Gasteiger charge is 2.23. The van der Waals surface area contributed by atoms with Gasteiger partial charge in [0, 0.05) is 47.9 Å². The number of rotatable bonds is 32. The van der Waals surface area contributed by atoms with E-state index < -0.39 is 0 Å². The first-order valence-electron chi connectivity index (χ1n) is 26.9. The van der Waals surface area contributed by atoms with Gasteiger partial charge < -0.3 is 29.2 Å². The second-order valence-corrected chi connectivity index (χ2v) is 19.2. The summed E-state index contributed by atoms with van der Waals surface area (Å²) in [5.41, 5.74) is 8.07. The minimum atomic E-state index is 0.204. The third-order valence-corrected chi connectivity index (χ3v) is 13.3. The number of phenols is 2. The second kappa shape index (κ2) is 30.9. The largest absolute Gasteiger partial charge is 0.508 e. The smallest absolute Gasteiger partial charge is 0.126 e. The van der Waals surface area contributed by atoms with E-state index in [4.69, 9.17) is 18.9 Å². The lowest BCUT2D eigenvalue weighted by molar-refractivity contribution is 0.292. The summed E-state index contributed by atoms with van der Waals surface area (Å²) in [6.07, 6.45) is 30.6. The first-order chi connectivity index (χ1) is 32.4. The van der Waals surface area contributed by atoms with Crippen LogP contribution in [0.4, 0.5) is 0 Å². The van der Waals surface area contributed by atoms with Crippen molar-refractivity contribution >= 4 is 0 Å². The molecular formula is C60H88O6. The average molecular weight is 905 g/mol. The summed E-state index contributed by atoms with van der Waals surface area (Å²) in [5, 5.41) is 23.0. The van der Waals surface area contributed by atoms with E-state index in [9.17, 15) is 10.2 Å². The number of unbranched alkanes of at least 4 members (excludes halogenated alkanes) is 20. The van der Waals surface area contributed by atoms with Gasteiger partial charge in [-0.2, -0.15) is 0 Å². The number of para-hydroxylation sites is 2. The predicted octanol–water partition coefficient (Wildman–Crippen LogP) is 16.7. The van der Waals surface area contributed by atoms with Gasteiger partial charge in [0.2, 0.25) is 0 Å². The van der Waals surface area contributed by atoms with E-state index >= 15 is 0 Å². The fourth-order valence-electron chi connectivity index (χ4n) is 9.62. The molecule has 364 valence electrons. The number of aromatic hydroxyl groups is 2. The molecule has 0 unspecified atom stereocenters. The normalized spacial score (nSPS) is 12.3. The lowest BCUT2D eigenvalue weighted by atomic mass is 9.91.